The lowest BCUT2D eigenvalue weighted by Gasteiger charge is -2.25. The van der Waals surface area contributed by atoms with E-state index in [0.29, 0.717) is 17.5 Å². The zero-order chi connectivity index (χ0) is 14.4. The first-order chi connectivity index (χ1) is 10.2. The Hall–Kier alpha value is -2.49. The second-order valence-corrected chi connectivity index (χ2v) is 5.51. The van der Waals surface area contributed by atoms with E-state index in [1.807, 2.05) is 17.0 Å². The molecular weight excluding hydrogens is 264 g/mol. The molecule has 0 unspecified atom stereocenters. The maximum atomic E-state index is 12.6. The van der Waals surface area contributed by atoms with E-state index in [0.717, 1.165) is 36.2 Å². The molecule has 0 saturated heterocycles. The highest BCUT2D eigenvalue weighted by atomic mass is 16.2. The molecule has 0 N–H and O–H groups in total. The number of amides is 1. The van der Waals surface area contributed by atoms with Crippen LogP contribution in [0.5, 0.6) is 0 Å². The van der Waals surface area contributed by atoms with E-state index < -0.39 is 0 Å². The first kappa shape index (κ1) is 12.3. The Bertz CT molecular complexity index is 753. The van der Waals surface area contributed by atoms with E-state index in [9.17, 15) is 9.59 Å². The van der Waals surface area contributed by atoms with Crippen molar-refractivity contribution in [3.8, 4) is 0 Å². The molecule has 1 aromatic heterocycles. The second-order valence-electron chi connectivity index (χ2n) is 5.51. The van der Waals surface area contributed by atoms with E-state index in [2.05, 4.69) is 4.98 Å². The summed E-state index contributed by atoms with van der Waals surface area (Å²) in [4.78, 5) is 30.3. The number of hydrogen-bond acceptors (Lipinski definition) is 3. The molecule has 0 atom stereocenters. The smallest absolute Gasteiger partial charge is 0.227 e. The third-order valence-electron chi connectivity index (χ3n) is 4.24. The summed E-state index contributed by atoms with van der Waals surface area (Å²) in [6, 6.07) is 7.43. The number of ketones is 1. The van der Waals surface area contributed by atoms with Crippen molar-refractivity contribution in [1.82, 2.24) is 4.98 Å². The van der Waals surface area contributed by atoms with Crippen molar-refractivity contribution >= 4 is 17.4 Å². The lowest BCUT2D eigenvalue weighted by molar-refractivity contribution is -0.118. The molecule has 0 spiro atoms. The summed E-state index contributed by atoms with van der Waals surface area (Å²) in [6.45, 7) is 0.742. The Morgan fingerprint density at radius 1 is 1.10 bits per heavy atom. The van der Waals surface area contributed by atoms with Crippen LogP contribution in [0.1, 0.15) is 33.5 Å². The van der Waals surface area contributed by atoms with Gasteiger partial charge in [-0.1, -0.05) is 0 Å². The topological polar surface area (TPSA) is 50.3 Å². The highest BCUT2D eigenvalue weighted by Gasteiger charge is 2.32. The summed E-state index contributed by atoms with van der Waals surface area (Å²) in [6.07, 6.45) is 5.36. The van der Waals surface area contributed by atoms with E-state index >= 15 is 0 Å². The first-order valence-electron chi connectivity index (χ1n) is 7.15. The number of pyridine rings is 1. The molecule has 4 nitrogen and oxygen atoms in total. The minimum absolute atomic E-state index is 0.00231. The van der Waals surface area contributed by atoms with Crippen LogP contribution in [0.4, 0.5) is 5.69 Å². The maximum absolute atomic E-state index is 12.6. The Labute approximate surface area is 122 Å². The highest BCUT2D eigenvalue weighted by molar-refractivity contribution is 6.10. The third kappa shape index (κ3) is 1.87. The molecule has 0 radical (unpaired) electrons. The van der Waals surface area contributed by atoms with Crippen LogP contribution in [0.3, 0.4) is 0 Å². The second kappa shape index (κ2) is 4.52. The minimum atomic E-state index is -0.00231. The summed E-state index contributed by atoms with van der Waals surface area (Å²) in [5.74, 6) is 0.199. The zero-order valence-corrected chi connectivity index (χ0v) is 11.5. The van der Waals surface area contributed by atoms with Crippen LogP contribution in [0, 0.1) is 0 Å². The van der Waals surface area contributed by atoms with Crippen molar-refractivity contribution in [1.29, 1.82) is 0 Å². The van der Waals surface area contributed by atoms with Gasteiger partial charge in [-0.05, 0) is 48.2 Å². The number of benzene rings is 1. The largest absolute Gasteiger partial charge is 0.312 e. The number of aromatic nitrogens is 1. The summed E-state index contributed by atoms with van der Waals surface area (Å²) in [7, 11) is 0. The number of anilines is 1. The Morgan fingerprint density at radius 2 is 1.90 bits per heavy atom. The molecule has 2 aliphatic rings. The van der Waals surface area contributed by atoms with Crippen molar-refractivity contribution < 1.29 is 9.59 Å². The van der Waals surface area contributed by atoms with Gasteiger partial charge in [0.25, 0.3) is 0 Å². The number of carbonyl (C=O) groups is 2. The lowest BCUT2D eigenvalue weighted by atomic mass is 9.94. The van der Waals surface area contributed by atoms with Crippen LogP contribution < -0.4 is 4.90 Å². The van der Waals surface area contributed by atoms with Gasteiger partial charge in [0, 0.05) is 36.5 Å². The van der Waals surface area contributed by atoms with Gasteiger partial charge in [0.1, 0.15) is 0 Å². The minimum Gasteiger partial charge on any atom is -0.312 e. The van der Waals surface area contributed by atoms with Gasteiger partial charge < -0.3 is 4.90 Å². The Balaban J connectivity index is 1.80. The number of nitrogens with zero attached hydrogens (tertiary/aromatic N) is 2. The predicted octanol–water partition coefficient (Wildman–Crippen LogP) is 2.15. The number of aryl methyl sites for hydroxylation is 1. The zero-order valence-electron chi connectivity index (χ0n) is 11.5. The Morgan fingerprint density at radius 3 is 2.67 bits per heavy atom. The van der Waals surface area contributed by atoms with Crippen molar-refractivity contribution in [2.45, 2.75) is 19.3 Å². The molecule has 1 amide bonds. The van der Waals surface area contributed by atoms with Gasteiger partial charge in [-0.2, -0.15) is 0 Å². The quantitative estimate of drug-likeness (QED) is 0.791. The fourth-order valence-corrected chi connectivity index (χ4v) is 3.25. The van der Waals surface area contributed by atoms with E-state index in [1.165, 1.54) is 0 Å². The van der Waals surface area contributed by atoms with Gasteiger partial charge in [0.05, 0.1) is 5.69 Å². The molecule has 1 aromatic carbocycles. The predicted molar refractivity (Wildman–Crippen MR) is 78.5 cm³/mol. The monoisotopic (exact) mass is 278 g/mol. The van der Waals surface area contributed by atoms with Gasteiger partial charge in [0.2, 0.25) is 5.91 Å². The number of rotatable bonds is 2. The molecule has 0 aliphatic carbocycles. The average Bonchev–Trinajstić information content (AvgIpc) is 2.96. The Kier molecular flexibility index (Phi) is 2.64. The summed E-state index contributed by atoms with van der Waals surface area (Å²) in [5, 5.41) is 0. The van der Waals surface area contributed by atoms with Gasteiger partial charge in [0.15, 0.2) is 5.78 Å². The molecule has 2 aliphatic heterocycles. The number of carbonyl (C=O) groups excluding carboxylic acids is 2. The molecule has 21 heavy (non-hydrogen) atoms. The van der Waals surface area contributed by atoms with Gasteiger partial charge in [-0.3, -0.25) is 14.6 Å². The van der Waals surface area contributed by atoms with Crippen LogP contribution in [-0.4, -0.2) is 23.2 Å². The van der Waals surface area contributed by atoms with E-state index in [1.54, 1.807) is 24.5 Å². The van der Waals surface area contributed by atoms with Crippen molar-refractivity contribution in [3.05, 3.63) is 58.9 Å². The normalized spacial score (nSPS) is 16.0. The molecular formula is C17H14N2O2. The lowest BCUT2D eigenvalue weighted by Crippen LogP contribution is -2.32. The standard InChI is InChI=1S/C17H14N2O2/c20-15-4-3-11-8-14(9-12-5-7-19(15)16(11)12)17(21)13-2-1-6-18-10-13/h1-2,6,8-10H,3-5,7H2. The fourth-order valence-electron chi connectivity index (χ4n) is 3.25. The fraction of sp³-hybridized carbons (Fsp3) is 0.235. The van der Waals surface area contributed by atoms with Crippen LogP contribution in [-0.2, 0) is 17.6 Å². The molecule has 0 fully saturated rings. The molecule has 104 valence electrons. The molecule has 4 rings (SSSR count). The first-order valence-corrected chi connectivity index (χ1v) is 7.15. The summed E-state index contributed by atoms with van der Waals surface area (Å²) in [5.41, 5.74) is 4.60. The molecule has 2 aromatic rings. The van der Waals surface area contributed by atoms with E-state index in [-0.39, 0.29) is 11.7 Å². The van der Waals surface area contributed by atoms with Crippen molar-refractivity contribution in [2.24, 2.45) is 0 Å². The SMILES string of the molecule is O=C(c1cccnc1)c1cc2c3c(c1)CCN3C(=O)CC2. The van der Waals surface area contributed by atoms with E-state index in [4.69, 9.17) is 0 Å². The van der Waals surface area contributed by atoms with Gasteiger partial charge >= 0.3 is 0 Å². The number of hydrogen-bond donors (Lipinski definition) is 0. The average molecular weight is 278 g/mol. The van der Waals surface area contributed by atoms with Crippen molar-refractivity contribution in [2.75, 3.05) is 11.4 Å². The molecule has 4 heteroatoms. The molecule has 0 bridgehead atoms. The molecule has 0 saturated carbocycles. The van der Waals surface area contributed by atoms with Crippen LogP contribution in [0.25, 0.3) is 0 Å². The highest BCUT2D eigenvalue weighted by Crippen LogP contribution is 2.37. The summed E-state index contributed by atoms with van der Waals surface area (Å²) < 4.78 is 0. The summed E-state index contributed by atoms with van der Waals surface area (Å²) >= 11 is 0. The van der Waals surface area contributed by atoms with Gasteiger partial charge in [-0.25, -0.2) is 0 Å². The maximum Gasteiger partial charge on any atom is 0.227 e. The van der Waals surface area contributed by atoms with Crippen LogP contribution in [0.2, 0.25) is 0 Å². The molecule has 3 heterocycles. The van der Waals surface area contributed by atoms with Gasteiger partial charge in [-0.15, -0.1) is 0 Å². The third-order valence-corrected chi connectivity index (χ3v) is 4.24. The van der Waals surface area contributed by atoms with Crippen LogP contribution in [0.15, 0.2) is 36.7 Å². The van der Waals surface area contributed by atoms with Crippen molar-refractivity contribution in [3.63, 3.8) is 0 Å². The van der Waals surface area contributed by atoms with Crippen LogP contribution >= 0.6 is 0 Å².